The second-order valence-electron chi connectivity index (χ2n) is 5.24. The Morgan fingerprint density at radius 2 is 1.81 bits per heavy atom. The molecule has 1 aliphatic carbocycles. The molecule has 3 nitrogen and oxygen atoms in total. The van der Waals surface area contributed by atoms with Crippen LogP contribution >= 0.6 is 0 Å². The molecule has 106 valence electrons. The Labute approximate surface area is 123 Å². The largest absolute Gasteiger partial charge is 0.485 e. The van der Waals surface area contributed by atoms with Gasteiger partial charge in [-0.25, -0.2) is 0 Å². The lowest BCUT2D eigenvalue weighted by molar-refractivity contribution is 0.0921. The van der Waals surface area contributed by atoms with Crippen LogP contribution in [0.2, 0.25) is 0 Å². The number of rotatable bonds is 5. The van der Waals surface area contributed by atoms with Gasteiger partial charge >= 0.3 is 0 Å². The lowest BCUT2D eigenvalue weighted by Gasteiger charge is -2.07. The van der Waals surface area contributed by atoms with Gasteiger partial charge in [0, 0.05) is 11.1 Å². The van der Waals surface area contributed by atoms with Crippen molar-refractivity contribution in [2.75, 3.05) is 6.61 Å². The van der Waals surface area contributed by atoms with Crippen molar-refractivity contribution in [2.24, 2.45) is 0 Å². The van der Waals surface area contributed by atoms with Gasteiger partial charge in [0.1, 0.15) is 12.0 Å². The number of carbonyl (C=O) groups is 2. The molecule has 2 aromatic carbocycles. The van der Waals surface area contributed by atoms with Crippen molar-refractivity contribution in [1.82, 2.24) is 0 Å². The maximum Gasteiger partial charge on any atom is 0.200 e. The Hall–Kier alpha value is -2.42. The van der Waals surface area contributed by atoms with Crippen LogP contribution in [0.15, 0.2) is 42.5 Å². The summed E-state index contributed by atoms with van der Waals surface area (Å²) in [6, 6.07) is 12.6. The van der Waals surface area contributed by atoms with Gasteiger partial charge in [0.2, 0.25) is 0 Å². The van der Waals surface area contributed by atoms with Gasteiger partial charge in [0.25, 0.3) is 0 Å². The van der Waals surface area contributed by atoms with E-state index >= 15 is 0 Å². The van der Waals surface area contributed by atoms with Gasteiger partial charge in [-0.15, -0.1) is 0 Å². The smallest absolute Gasteiger partial charge is 0.200 e. The van der Waals surface area contributed by atoms with Crippen molar-refractivity contribution in [3.8, 4) is 5.75 Å². The minimum Gasteiger partial charge on any atom is -0.485 e. The van der Waals surface area contributed by atoms with Gasteiger partial charge in [0.05, 0.1) is 0 Å². The fourth-order valence-electron chi connectivity index (χ4n) is 2.62. The highest BCUT2D eigenvalue weighted by molar-refractivity contribution is 5.97. The van der Waals surface area contributed by atoms with Crippen LogP contribution in [0.3, 0.4) is 0 Å². The van der Waals surface area contributed by atoms with Crippen LogP contribution < -0.4 is 4.74 Å². The highest BCUT2D eigenvalue weighted by Crippen LogP contribution is 2.23. The molecule has 0 heterocycles. The number of Topliss-reactive ketones (excluding diaryl/α,β-unsaturated/α-hetero) is 1. The number of benzene rings is 2. The van der Waals surface area contributed by atoms with Gasteiger partial charge in [-0.05, 0) is 60.7 Å². The number of aryl methyl sites for hydroxylation is 2. The molecule has 0 amide bonds. The molecule has 0 saturated heterocycles. The minimum absolute atomic E-state index is 0.0131. The molecule has 0 fully saturated rings. The molecule has 21 heavy (non-hydrogen) atoms. The summed E-state index contributed by atoms with van der Waals surface area (Å²) in [4.78, 5) is 22.7. The predicted octanol–water partition coefficient (Wildman–Crippen LogP) is 3.25. The zero-order chi connectivity index (χ0) is 14.7. The monoisotopic (exact) mass is 280 g/mol. The Balaban J connectivity index is 1.64. The molecule has 2 aromatic rings. The summed E-state index contributed by atoms with van der Waals surface area (Å²) in [5.74, 6) is 0.569. The topological polar surface area (TPSA) is 43.4 Å². The van der Waals surface area contributed by atoms with Gasteiger partial charge in [-0.2, -0.15) is 0 Å². The molecule has 0 spiro atoms. The first kappa shape index (κ1) is 13.6. The second kappa shape index (κ2) is 5.92. The predicted molar refractivity (Wildman–Crippen MR) is 80.1 cm³/mol. The van der Waals surface area contributed by atoms with Crippen molar-refractivity contribution in [1.29, 1.82) is 0 Å². The molecule has 0 N–H and O–H groups in total. The van der Waals surface area contributed by atoms with Crippen molar-refractivity contribution in [3.63, 3.8) is 0 Å². The molecule has 0 unspecified atom stereocenters. The fourth-order valence-corrected chi connectivity index (χ4v) is 2.62. The molecule has 1 aliphatic rings. The van der Waals surface area contributed by atoms with Crippen LogP contribution in [0, 0.1) is 0 Å². The number of aldehydes is 1. The van der Waals surface area contributed by atoms with Crippen LogP contribution in [0.4, 0.5) is 0 Å². The minimum atomic E-state index is -0.0239. The summed E-state index contributed by atoms with van der Waals surface area (Å²) in [5, 5.41) is 0. The standard InChI is InChI=1S/C18H16O3/c19-11-13-4-8-17(9-5-13)21-12-18(20)16-7-6-14-2-1-3-15(14)10-16/h4-11H,1-3,12H2. The first-order valence-corrected chi connectivity index (χ1v) is 7.09. The molecule has 0 bridgehead atoms. The van der Waals surface area contributed by atoms with E-state index in [1.807, 2.05) is 12.1 Å². The van der Waals surface area contributed by atoms with Crippen LogP contribution in [0.1, 0.15) is 38.3 Å². The highest BCUT2D eigenvalue weighted by atomic mass is 16.5. The van der Waals surface area contributed by atoms with Crippen LogP contribution in [-0.2, 0) is 12.8 Å². The quantitative estimate of drug-likeness (QED) is 0.623. The summed E-state index contributed by atoms with van der Waals surface area (Å²) < 4.78 is 5.48. The maximum absolute atomic E-state index is 12.2. The van der Waals surface area contributed by atoms with E-state index in [1.54, 1.807) is 24.3 Å². The average Bonchev–Trinajstić information content (AvgIpc) is 3.00. The third kappa shape index (κ3) is 3.02. The zero-order valence-electron chi connectivity index (χ0n) is 11.7. The van der Waals surface area contributed by atoms with Gasteiger partial charge in [-0.1, -0.05) is 12.1 Å². The maximum atomic E-state index is 12.2. The molecule has 3 rings (SSSR count). The van der Waals surface area contributed by atoms with Crippen molar-refractivity contribution in [2.45, 2.75) is 19.3 Å². The van der Waals surface area contributed by atoms with E-state index < -0.39 is 0 Å². The Morgan fingerprint density at radius 3 is 2.57 bits per heavy atom. The van der Waals surface area contributed by atoms with E-state index in [1.165, 1.54) is 17.5 Å². The van der Waals surface area contributed by atoms with Gasteiger partial charge < -0.3 is 4.74 Å². The molecule has 0 aromatic heterocycles. The molecular weight excluding hydrogens is 264 g/mol. The van der Waals surface area contributed by atoms with Crippen LogP contribution in [-0.4, -0.2) is 18.7 Å². The van der Waals surface area contributed by atoms with Crippen LogP contribution in [0.5, 0.6) is 5.75 Å². The number of carbonyl (C=O) groups excluding carboxylic acids is 2. The normalized spacial score (nSPS) is 12.8. The van der Waals surface area contributed by atoms with Crippen molar-refractivity contribution < 1.29 is 14.3 Å². The molecular formula is C18H16O3. The first-order valence-electron chi connectivity index (χ1n) is 7.09. The summed E-state index contributed by atoms with van der Waals surface area (Å²) in [6.07, 6.45) is 4.12. The third-order valence-corrected chi connectivity index (χ3v) is 3.81. The average molecular weight is 280 g/mol. The van der Waals surface area contributed by atoms with E-state index in [2.05, 4.69) is 6.07 Å². The van der Waals surface area contributed by atoms with E-state index in [0.717, 1.165) is 19.1 Å². The van der Waals surface area contributed by atoms with Crippen molar-refractivity contribution >= 4 is 12.1 Å². The molecule has 0 atom stereocenters. The van der Waals surface area contributed by atoms with E-state index in [9.17, 15) is 9.59 Å². The van der Waals surface area contributed by atoms with E-state index in [4.69, 9.17) is 4.74 Å². The Kier molecular flexibility index (Phi) is 3.82. The SMILES string of the molecule is O=Cc1ccc(OCC(=O)c2ccc3c(c2)CCC3)cc1. The summed E-state index contributed by atoms with van der Waals surface area (Å²) in [7, 11) is 0. The summed E-state index contributed by atoms with van der Waals surface area (Å²) in [5.41, 5.74) is 3.94. The molecule has 3 heteroatoms. The number of hydrogen-bond donors (Lipinski definition) is 0. The second-order valence-corrected chi connectivity index (χ2v) is 5.24. The number of hydrogen-bond acceptors (Lipinski definition) is 3. The molecule has 0 saturated carbocycles. The number of ether oxygens (including phenoxy) is 1. The Bertz CT molecular complexity index is 671. The lowest BCUT2D eigenvalue weighted by atomic mass is 10.0. The van der Waals surface area contributed by atoms with E-state index in [-0.39, 0.29) is 12.4 Å². The van der Waals surface area contributed by atoms with Gasteiger partial charge in [0.15, 0.2) is 12.4 Å². The van der Waals surface area contributed by atoms with Crippen LogP contribution in [0.25, 0.3) is 0 Å². The summed E-state index contributed by atoms with van der Waals surface area (Å²) in [6.45, 7) is 0.0131. The van der Waals surface area contributed by atoms with Gasteiger partial charge in [-0.3, -0.25) is 9.59 Å². The highest BCUT2D eigenvalue weighted by Gasteiger charge is 2.14. The number of ketones is 1. The molecule has 0 aliphatic heterocycles. The fraction of sp³-hybridized carbons (Fsp3) is 0.222. The van der Waals surface area contributed by atoms with Crippen molar-refractivity contribution in [3.05, 3.63) is 64.7 Å². The molecule has 0 radical (unpaired) electrons. The lowest BCUT2D eigenvalue weighted by Crippen LogP contribution is -2.12. The number of fused-ring (bicyclic) bond motifs is 1. The zero-order valence-corrected chi connectivity index (χ0v) is 11.7. The summed E-state index contributed by atoms with van der Waals surface area (Å²) >= 11 is 0. The third-order valence-electron chi connectivity index (χ3n) is 3.81. The Morgan fingerprint density at radius 1 is 1.05 bits per heavy atom. The van der Waals surface area contributed by atoms with E-state index in [0.29, 0.717) is 16.9 Å². The first-order chi connectivity index (χ1) is 10.3.